The second-order valence-electron chi connectivity index (χ2n) is 10.1. The van der Waals surface area contributed by atoms with Gasteiger partial charge in [-0.3, -0.25) is 4.79 Å². The average molecular weight is 517 g/mol. The van der Waals surface area contributed by atoms with Crippen LogP contribution in [0.15, 0.2) is 63.6 Å². The lowest BCUT2D eigenvalue weighted by molar-refractivity contribution is -0.140. The van der Waals surface area contributed by atoms with E-state index in [4.69, 9.17) is 9.05 Å². The van der Waals surface area contributed by atoms with Crippen molar-refractivity contribution in [3.05, 3.63) is 65.7 Å². The normalized spacial score (nSPS) is 18.4. The zero-order chi connectivity index (χ0) is 26.5. The molecule has 5 rings (SSSR count). The minimum Gasteiger partial charge on any atom is -0.481 e. The Bertz CT molecular complexity index is 1360. The molecule has 2 aromatic carbocycles. The van der Waals surface area contributed by atoms with E-state index in [1.54, 1.807) is 0 Å². The highest BCUT2D eigenvalue weighted by Crippen LogP contribution is 2.39. The van der Waals surface area contributed by atoms with Crippen molar-refractivity contribution in [3.63, 3.8) is 0 Å². The van der Waals surface area contributed by atoms with E-state index in [1.807, 2.05) is 54.6 Å². The van der Waals surface area contributed by atoms with Crippen LogP contribution in [0.3, 0.4) is 0 Å². The molecule has 9 nitrogen and oxygen atoms in total. The van der Waals surface area contributed by atoms with Crippen molar-refractivity contribution in [1.29, 1.82) is 0 Å². The summed E-state index contributed by atoms with van der Waals surface area (Å²) < 4.78 is 11.3. The van der Waals surface area contributed by atoms with Gasteiger partial charge in [0.15, 0.2) is 11.5 Å². The zero-order valence-electron chi connectivity index (χ0n) is 21.4. The van der Waals surface area contributed by atoms with Crippen LogP contribution in [-0.4, -0.2) is 44.6 Å². The largest absolute Gasteiger partial charge is 0.481 e. The lowest BCUT2D eigenvalue weighted by Gasteiger charge is -2.38. The molecule has 2 aromatic heterocycles. The number of nitrogens with zero attached hydrogens (tertiary/aromatic N) is 3. The van der Waals surface area contributed by atoms with Crippen molar-refractivity contribution in [3.8, 4) is 34.3 Å². The molecule has 1 fully saturated rings. The number of hydrogen-bond acceptors (Lipinski definition) is 8. The monoisotopic (exact) mass is 516 g/mol. The van der Waals surface area contributed by atoms with E-state index in [9.17, 15) is 15.0 Å². The number of carbonyl (C=O) groups is 1. The minimum absolute atomic E-state index is 0.0365. The van der Waals surface area contributed by atoms with Gasteiger partial charge in [-0.1, -0.05) is 78.3 Å². The van der Waals surface area contributed by atoms with E-state index in [-0.39, 0.29) is 6.42 Å². The number of piperidine rings is 1. The Labute approximate surface area is 220 Å². The van der Waals surface area contributed by atoms with Gasteiger partial charge in [-0.15, -0.1) is 0 Å². The number of benzene rings is 2. The number of carboxylic acids is 1. The molecule has 1 unspecified atom stereocenters. The highest BCUT2D eigenvalue weighted by atomic mass is 16.5. The smallest absolute Gasteiger partial charge is 0.303 e. The summed E-state index contributed by atoms with van der Waals surface area (Å²) in [7, 11) is 0. The van der Waals surface area contributed by atoms with Gasteiger partial charge in [0.05, 0.1) is 12.5 Å². The summed E-state index contributed by atoms with van der Waals surface area (Å²) >= 11 is 0. The van der Waals surface area contributed by atoms with Gasteiger partial charge in [0, 0.05) is 23.2 Å². The van der Waals surface area contributed by atoms with Gasteiger partial charge in [-0.25, -0.2) is 0 Å². The zero-order valence-corrected chi connectivity index (χ0v) is 21.4. The molecule has 3 heterocycles. The number of aromatic nitrogens is 3. The molecule has 0 saturated carbocycles. The van der Waals surface area contributed by atoms with Crippen LogP contribution < -0.4 is 5.32 Å². The van der Waals surface area contributed by atoms with Gasteiger partial charge < -0.3 is 24.6 Å². The van der Waals surface area contributed by atoms with Crippen LogP contribution in [0.1, 0.15) is 56.3 Å². The quantitative estimate of drug-likeness (QED) is 0.257. The van der Waals surface area contributed by atoms with E-state index in [2.05, 4.69) is 27.5 Å². The predicted molar refractivity (Wildman–Crippen MR) is 141 cm³/mol. The summed E-state index contributed by atoms with van der Waals surface area (Å²) in [4.78, 5) is 16.1. The Kier molecular flexibility index (Phi) is 7.67. The third-order valence-corrected chi connectivity index (χ3v) is 7.22. The maximum absolute atomic E-state index is 11.5. The number of aliphatic hydroxyl groups is 1. The lowest BCUT2D eigenvalue weighted by Crippen LogP contribution is -2.42. The molecule has 0 spiro atoms. The molecule has 38 heavy (non-hydrogen) atoms. The Balaban J connectivity index is 1.34. The topological polar surface area (TPSA) is 135 Å². The summed E-state index contributed by atoms with van der Waals surface area (Å²) in [5.74, 6) is 0.564. The summed E-state index contributed by atoms with van der Waals surface area (Å²) in [5, 5.41) is 32.1. The molecule has 9 heteroatoms. The van der Waals surface area contributed by atoms with E-state index < -0.39 is 17.5 Å². The molecule has 0 bridgehead atoms. The highest BCUT2D eigenvalue weighted by Gasteiger charge is 2.36. The maximum Gasteiger partial charge on any atom is 0.303 e. The molecule has 0 aliphatic carbocycles. The van der Waals surface area contributed by atoms with Crippen LogP contribution in [0, 0.1) is 5.41 Å². The molecular weight excluding hydrogens is 484 g/mol. The van der Waals surface area contributed by atoms with Crippen LogP contribution in [0.25, 0.3) is 34.3 Å². The minimum atomic E-state index is -0.839. The van der Waals surface area contributed by atoms with Crippen molar-refractivity contribution in [2.24, 2.45) is 5.41 Å². The molecule has 0 amide bonds. The summed E-state index contributed by atoms with van der Waals surface area (Å²) in [5.41, 5.74) is 3.41. The van der Waals surface area contributed by atoms with Gasteiger partial charge in [-0.2, -0.15) is 4.98 Å². The van der Waals surface area contributed by atoms with Crippen LogP contribution in [0.5, 0.6) is 0 Å². The molecule has 198 valence electrons. The number of aliphatic carboxylic acids is 1. The number of rotatable bonds is 10. The first-order chi connectivity index (χ1) is 18.5. The molecule has 3 N–H and O–H groups in total. The fourth-order valence-corrected chi connectivity index (χ4v) is 5.34. The molecule has 4 aromatic rings. The second kappa shape index (κ2) is 11.3. The molecule has 1 saturated heterocycles. The van der Waals surface area contributed by atoms with Crippen LogP contribution in [-0.2, 0) is 11.2 Å². The van der Waals surface area contributed by atoms with Gasteiger partial charge in [0.25, 0.3) is 5.89 Å². The fourth-order valence-electron chi connectivity index (χ4n) is 5.34. The first kappa shape index (κ1) is 25.8. The van der Waals surface area contributed by atoms with Crippen LogP contribution >= 0.6 is 0 Å². The van der Waals surface area contributed by atoms with E-state index >= 15 is 0 Å². The van der Waals surface area contributed by atoms with E-state index in [0.717, 1.165) is 54.5 Å². The summed E-state index contributed by atoms with van der Waals surface area (Å²) in [6, 6.07) is 17.1. The van der Waals surface area contributed by atoms with Crippen molar-refractivity contribution < 1.29 is 24.1 Å². The predicted octanol–water partition coefficient (Wildman–Crippen LogP) is 5.28. The third kappa shape index (κ3) is 5.54. The Morgan fingerprint density at radius 2 is 1.87 bits per heavy atom. The molecule has 2 atom stereocenters. The number of carboxylic acid groups (broad SMARTS) is 1. The van der Waals surface area contributed by atoms with Crippen molar-refractivity contribution in [2.75, 3.05) is 13.1 Å². The van der Waals surface area contributed by atoms with E-state index in [1.165, 1.54) is 0 Å². The Hall–Kier alpha value is -3.82. The Morgan fingerprint density at radius 3 is 2.55 bits per heavy atom. The van der Waals surface area contributed by atoms with Crippen molar-refractivity contribution in [1.82, 2.24) is 20.6 Å². The third-order valence-electron chi connectivity index (χ3n) is 7.22. The van der Waals surface area contributed by atoms with Gasteiger partial charge in [0.1, 0.15) is 0 Å². The van der Waals surface area contributed by atoms with Crippen molar-refractivity contribution in [2.45, 2.75) is 51.6 Å². The SMILES string of the molecule is CCCc1c(-c2nc(-c3ccc(C(O)C[C@@]4(CC(=O)O)CCCNC4)cc3)no2)noc1-c1ccccc1. The second-order valence-corrected chi connectivity index (χ2v) is 10.1. The fraction of sp³-hybridized carbons (Fsp3) is 0.379. The highest BCUT2D eigenvalue weighted by molar-refractivity contribution is 5.70. The lowest BCUT2D eigenvalue weighted by atomic mass is 9.73. The van der Waals surface area contributed by atoms with Crippen molar-refractivity contribution >= 4 is 5.97 Å². The first-order valence-electron chi connectivity index (χ1n) is 13.1. The number of hydrogen-bond donors (Lipinski definition) is 3. The molecular formula is C29H32N4O5. The number of aliphatic hydroxyl groups excluding tert-OH is 1. The maximum atomic E-state index is 11.5. The van der Waals surface area contributed by atoms with Crippen LogP contribution in [0.4, 0.5) is 0 Å². The molecule has 0 radical (unpaired) electrons. The van der Waals surface area contributed by atoms with Gasteiger partial charge in [-0.05, 0) is 43.2 Å². The Morgan fingerprint density at radius 1 is 1.08 bits per heavy atom. The van der Waals surface area contributed by atoms with E-state index in [0.29, 0.717) is 36.1 Å². The van der Waals surface area contributed by atoms with Crippen LogP contribution in [0.2, 0.25) is 0 Å². The summed E-state index contributed by atoms with van der Waals surface area (Å²) in [6.45, 7) is 3.56. The average Bonchev–Trinajstić information content (AvgIpc) is 3.57. The number of nitrogens with one attached hydrogen (secondary N) is 1. The summed E-state index contributed by atoms with van der Waals surface area (Å²) in [6.07, 6.45) is 2.99. The standard InChI is InChI=1S/C29H32N4O5/c1-2-7-22-25(32-37-26(22)20-8-4-3-5-9-20)28-31-27(33-38-28)21-12-10-19(11-13-21)23(34)16-29(17-24(35)36)14-6-15-30-18-29/h3-5,8-13,23,30,34H,2,6-7,14-18H2,1H3,(H,35,36)/t23?,29-/m1/s1. The first-order valence-corrected chi connectivity index (χ1v) is 13.1. The molecule has 1 aliphatic heterocycles. The van der Waals surface area contributed by atoms with Gasteiger partial charge >= 0.3 is 5.97 Å². The van der Waals surface area contributed by atoms with Gasteiger partial charge in [0.2, 0.25) is 5.82 Å². The molecule has 1 aliphatic rings.